The van der Waals surface area contributed by atoms with Gasteiger partial charge in [-0.1, -0.05) is 35.5 Å². The SMILES string of the molecule is CO/N=C1/CN(c2nc3c(cc2F)c(=O)c(C(=O)O)cn3C2CC2)CC1CN=Cc1ccccc1. The number of nitrogens with zero attached hydrogens (tertiary/aromatic N) is 5. The standard InChI is InChI=1S/C25H24FN5O4/c1-35-29-21-14-30(12-16(21)11-27-10-15-5-3-2-4-6-15)24-20(26)9-18-22(32)19(25(33)34)13-31(17-7-8-17)23(18)28-24/h2-6,9-10,13,16-17H,7-8,11-12,14H2,1H3,(H,33,34)/b27-10?,29-21-. The fourth-order valence-electron chi connectivity index (χ4n) is 4.37. The van der Waals surface area contributed by atoms with Crippen molar-refractivity contribution in [2.45, 2.75) is 18.9 Å². The predicted octanol–water partition coefficient (Wildman–Crippen LogP) is 3.13. The highest BCUT2D eigenvalue weighted by molar-refractivity contribution is 5.95. The second-order valence-electron chi connectivity index (χ2n) is 8.73. The maximum absolute atomic E-state index is 15.2. The molecule has 0 radical (unpaired) electrons. The first-order valence-electron chi connectivity index (χ1n) is 11.3. The van der Waals surface area contributed by atoms with Crippen LogP contribution in [0, 0.1) is 11.7 Å². The minimum atomic E-state index is -1.34. The number of fused-ring (bicyclic) bond motifs is 1. The highest BCUT2D eigenvalue weighted by Crippen LogP contribution is 2.37. The zero-order chi connectivity index (χ0) is 24.5. The average Bonchev–Trinajstić information content (AvgIpc) is 3.61. The number of hydrogen-bond donors (Lipinski definition) is 1. The van der Waals surface area contributed by atoms with E-state index in [1.165, 1.54) is 13.3 Å². The fraction of sp³-hybridized carbons (Fsp3) is 0.320. The van der Waals surface area contributed by atoms with E-state index in [2.05, 4.69) is 15.1 Å². The van der Waals surface area contributed by atoms with Crippen molar-refractivity contribution < 1.29 is 19.1 Å². The maximum atomic E-state index is 15.2. The Kier molecular flexibility index (Phi) is 6.02. The number of anilines is 1. The summed E-state index contributed by atoms with van der Waals surface area (Å²) in [4.78, 5) is 40.1. The average molecular weight is 477 g/mol. The summed E-state index contributed by atoms with van der Waals surface area (Å²) in [5, 5.41) is 13.5. The molecule has 1 atom stereocenters. The van der Waals surface area contributed by atoms with Crippen molar-refractivity contribution in [2.75, 3.05) is 31.6 Å². The molecule has 2 aliphatic rings. The highest BCUT2D eigenvalue weighted by atomic mass is 19.1. The summed E-state index contributed by atoms with van der Waals surface area (Å²) < 4.78 is 16.9. The number of carbonyl (C=O) groups is 1. The van der Waals surface area contributed by atoms with Crippen molar-refractivity contribution in [3.63, 3.8) is 0 Å². The van der Waals surface area contributed by atoms with Crippen LogP contribution in [-0.2, 0) is 4.84 Å². The van der Waals surface area contributed by atoms with Crippen LogP contribution < -0.4 is 10.3 Å². The Bertz CT molecular complexity index is 1400. The first-order valence-corrected chi connectivity index (χ1v) is 11.3. The molecule has 1 N–H and O–H groups in total. The Hall–Kier alpha value is -4.08. The number of hydrogen-bond acceptors (Lipinski definition) is 7. The van der Waals surface area contributed by atoms with Crippen LogP contribution in [0.1, 0.15) is 34.8 Å². The molecule has 0 bridgehead atoms. The molecule has 1 unspecified atom stereocenters. The molecule has 10 heteroatoms. The summed E-state index contributed by atoms with van der Waals surface area (Å²) >= 11 is 0. The van der Waals surface area contributed by atoms with Crippen molar-refractivity contribution in [1.29, 1.82) is 0 Å². The molecule has 35 heavy (non-hydrogen) atoms. The number of rotatable bonds is 7. The fourth-order valence-corrected chi connectivity index (χ4v) is 4.37. The molecule has 9 nitrogen and oxygen atoms in total. The molecule has 1 saturated heterocycles. The molecule has 0 amide bonds. The summed E-state index contributed by atoms with van der Waals surface area (Å²) in [7, 11) is 1.46. The third-order valence-corrected chi connectivity index (χ3v) is 6.25. The van der Waals surface area contributed by atoms with E-state index in [4.69, 9.17) is 4.84 Å². The van der Waals surface area contributed by atoms with Crippen LogP contribution in [0.4, 0.5) is 10.2 Å². The van der Waals surface area contributed by atoms with E-state index >= 15 is 4.39 Å². The van der Waals surface area contributed by atoms with Crippen LogP contribution in [0.5, 0.6) is 0 Å². The Morgan fingerprint density at radius 1 is 1.31 bits per heavy atom. The van der Waals surface area contributed by atoms with Crippen LogP contribution in [0.25, 0.3) is 11.0 Å². The van der Waals surface area contributed by atoms with E-state index in [-0.39, 0.29) is 34.4 Å². The van der Waals surface area contributed by atoms with Gasteiger partial charge in [0, 0.05) is 37.5 Å². The van der Waals surface area contributed by atoms with Crippen molar-refractivity contribution in [3.8, 4) is 0 Å². The zero-order valence-electron chi connectivity index (χ0n) is 19.1. The summed E-state index contributed by atoms with van der Waals surface area (Å²) in [6.45, 7) is 1.16. The first kappa shape index (κ1) is 22.7. The van der Waals surface area contributed by atoms with Crippen LogP contribution in [0.15, 0.2) is 57.5 Å². The van der Waals surface area contributed by atoms with Gasteiger partial charge in [0.25, 0.3) is 0 Å². The van der Waals surface area contributed by atoms with Gasteiger partial charge in [-0.15, -0.1) is 0 Å². The van der Waals surface area contributed by atoms with E-state index in [1.807, 2.05) is 30.3 Å². The Morgan fingerprint density at radius 3 is 2.77 bits per heavy atom. The van der Waals surface area contributed by atoms with Crippen molar-refractivity contribution in [3.05, 3.63) is 69.8 Å². The third-order valence-electron chi connectivity index (χ3n) is 6.25. The molecule has 1 aromatic carbocycles. The number of pyridine rings is 2. The minimum absolute atomic E-state index is 0.0351. The highest BCUT2D eigenvalue weighted by Gasteiger charge is 2.33. The number of oxime groups is 1. The van der Waals surface area contributed by atoms with E-state index in [0.29, 0.717) is 19.6 Å². The molecule has 5 rings (SSSR count). The lowest BCUT2D eigenvalue weighted by atomic mass is 10.1. The van der Waals surface area contributed by atoms with E-state index in [9.17, 15) is 14.7 Å². The van der Waals surface area contributed by atoms with E-state index in [0.717, 1.165) is 30.2 Å². The van der Waals surface area contributed by atoms with Crippen LogP contribution in [0.2, 0.25) is 0 Å². The molecule has 1 aliphatic heterocycles. The summed E-state index contributed by atoms with van der Waals surface area (Å²) in [6, 6.07) is 10.9. The predicted molar refractivity (Wildman–Crippen MR) is 130 cm³/mol. The zero-order valence-corrected chi connectivity index (χ0v) is 19.1. The van der Waals surface area contributed by atoms with Crippen molar-refractivity contribution in [2.24, 2.45) is 16.1 Å². The maximum Gasteiger partial charge on any atom is 0.341 e. The lowest BCUT2D eigenvalue weighted by Crippen LogP contribution is -2.25. The molecule has 1 aliphatic carbocycles. The molecule has 3 aromatic rings. The Labute approximate surface area is 200 Å². The molecule has 3 heterocycles. The van der Waals surface area contributed by atoms with E-state index in [1.54, 1.807) is 15.7 Å². The van der Waals surface area contributed by atoms with Gasteiger partial charge in [-0.25, -0.2) is 14.2 Å². The number of halogens is 1. The van der Waals surface area contributed by atoms with Gasteiger partial charge in [0.2, 0.25) is 5.43 Å². The molecular formula is C25H24FN5O4. The van der Waals surface area contributed by atoms with Gasteiger partial charge in [-0.2, -0.15) is 0 Å². The summed E-state index contributed by atoms with van der Waals surface area (Å²) in [5.41, 5.74) is 0.868. The van der Waals surface area contributed by atoms with Crippen molar-refractivity contribution in [1.82, 2.24) is 9.55 Å². The molecule has 0 spiro atoms. The third kappa shape index (κ3) is 4.51. The normalized spacial score (nSPS) is 19.2. The molecule has 1 saturated carbocycles. The smallest absolute Gasteiger partial charge is 0.341 e. The number of aliphatic imine (C=N–C) groups is 1. The van der Waals surface area contributed by atoms with Crippen LogP contribution in [-0.4, -0.2) is 59.3 Å². The van der Waals surface area contributed by atoms with E-state index < -0.39 is 17.2 Å². The van der Waals surface area contributed by atoms with Gasteiger partial charge in [-0.3, -0.25) is 9.79 Å². The summed E-state index contributed by atoms with van der Waals surface area (Å²) in [6.07, 6.45) is 4.81. The topological polar surface area (TPSA) is 109 Å². The van der Waals surface area contributed by atoms with Crippen molar-refractivity contribution >= 4 is 34.7 Å². The Morgan fingerprint density at radius 2 is 2.09 bits per heavy atom. The van der Waals surface area contributed by atoms with Gasteiger partial charge in [0.05, 0.1) is 17.6 Å². The number of carboxylic acids is 1. The molecular weight excluding hydrogens is 453 g/mol. The van der Waals surface area contributed by atoms with Gasteiger partial charge in [0.1, 0.15) is 18.3 Å². The van der Waals surface area contributed by atoms with Gasteiger partial charge in [0.15, 0.2) is 11.6 Å². The molecule has 2 aromatic heterocycles. The molecule has 180 valence electrons. The summed E-state index contributed by atoms with van der Waals surface area (Å²) in [5.74, 6) is -2.04. The number of aromatic nitrogens is 2. The molecule has 2 fully saturated rings. The van der Waals surface area contributed by atoms with Crippen LogP contribution in [0.3, 0.4) is 0 Å². The second kappa shape index (κ2) is 9.28. The lowest BCUT2D eigenvalue weighted by Gasteiger charge is -2.19. The van der Waals surface area contributed by atoms with Crippen LogP contribution >= 0.6 is 0 Å². The largest absolute Gasteiger partial charge is 0.477 e. The first-order chi connectivity index (χ1) is 17.0. The second-order valence-corrected chi connectivity index (χ2v) is 8.73. The van der Waals surface area contributed by atoms with Gasteiger partial charge >= 0.3 is 5.97 Å². The lowest BCUT2D eigenvalue weighted by molar-refractivity contribution is 0.0695. The quantitative estimate of drug-likeness (QED) is 0.414. The number of carboxylic acid groups (broad SMARTS) is 1. The number of benzene rings is 1. The minimum Gasteiger partial charge on any atom is -0.477 e. The monoisotopic (exact) mass is 477 g/mol. The van der Waals surface area contributed by atoms with Gasteiger partial charge < -0.3 is 19.4 Å². The Balaban J connectivity index is 1.48. The number of aromatic carboxylic acids is 1. The van der Waals surface area contributed by atoms with Gasteiger partial charge in [-0.05, 0) is 24.5 Å².